The zero-order chi connectivity index (χ0) is 21.7. The van der Waals surface area contributed by atoms with Crippen molar-refractivity contribution in [2.75, 3.05) is 0 Å². The summed E-state index contributed by atoms with van der Waals surface area (Å²) >= 11 is 0. The second-order valence-electron chi connectivity index (χ2n) is 9.45. The topological polar surface area (TPSA) is 122 Å². The minimum Gasteiger partial charge on any atom is -0.446 e. The molecule has 1 aromatic rings. The van der Waals surface area contributed by atoms with Crippen LogP contribution in [0, 0.1) is 17.3 Å². The number of carbonyl (C=O) groups excluding carboxylic acids is 1. The lowest BCUT2D eigenvalue weighted by atomic mass is 9.55. The van der Waals surface area contributed by atoms with Crippen molar-refractivity contribution in [2.45, 2.75) is 77.2 Å². The third kappa shape index (κ3) is 3.80. The Balaban J connectivity index is 1.66. The summed E-state index contributed by atoms with van der Waals surface area (Å²) in [5, 5.41) is 5.14. The van der Waals surface area contributed by atoms with Gasteiger partial charge in [0.1, 0.15) is 11.9 Å². The molecule has 0 unspecified atom stereocenters. The highest BCUT2D eigenvalue weighted by Gasteiger charge is 2.56. The maximum atomic E-state index is 11.5. The van der Waals surface area contributed by atoms with Gasteiger partial charge < -0.3 is 14.7 Å². The minimum absolute atomic E-state index is 0.0172. The first-order valence-electron chi connectivity index (χ1n) is 11.0. The van der Waals surface area contributed by atoms with E-state index in [2.05, 4.69) is 19.9 Å². The third-order valence-corrected chi connectivity index (χ3v) is 8.21. The number of amides is 1. The summed E-state index contributed by atoms with van der Waals surface area (Å²) in [6.07, 6.45) is 6.75. The zero-order valence-corrected chi connectivity index (χ0v) is 18.5. The summed E-state index contributed by atoms with van der Waals surface area (Å²) in [6, 6.07) is 4.05. The molecule has 0 heterocycles. The quantitative estimate of drug-likeness (QED) is 0.731. The first-order valence-corrected chi connectivity index (χ1v) is 12.4. The highest BCUT2D eigenvalue weighted by Crippen LogP contribution is 2.61. The Bertz CT molecular complexity index is 947. The van der Waals surface area contributed by atoms with Gasteiger partial charge in [0.25, 0.3) is 0 Å². The molecular formula is C22H32N2O5S. The van der Waals surface area contributed by atoms with Crippen molar-refractivity contribution in [3.63, 3.8) is 0 Å². The van der Waals surface area contributed by atoms with Crippen LogP contribution < -0.4 is 15.1 Å². The third-order valence-electron chi connectivity index (χ3n) is 7.80. The summed E-state index contributed by atoms with van der Waals surface area (Å²) in [5.41, 5.74) is 8.71. The highest BCUT2D eigenvalue weighted by atomic mass is 32.2. The average Bonchev–Trinajstić information content (AvgIpc) is 2.97. The number of aryl methyl sites for hydroxylation is 2. The Labute approximate surface area is 178 Å². The average molecular weight is 437 g/mol. The van der Waals surface area contributed by atoms with Gasteiger partial charge in [-0.25, -0.2) is 4.79 Å². The smallest absolute Gasteiger partial charge is 0.404 e. The number of rotatable bonds is 5. The predicted octanol–water partition coefficient (Wildman–Crippen LogP) is 3.54. The van der Waals surface area contributed by atoms with E-state index in [9.17, 15) is 13.2 Å². The summed E-state index contributed by atoms with van der Waals surface area (Å²) in [4.78, 5) is 11.4. The molecule has 2 saturated carbocycles. The molecule has 4 rings (SSSR count). The molecule has 5 atom stereocenters. The summed E-state index contributed by atoms with van der Waals surface area (Å²) in [5.74, 6) is 1.85. The fourth-order valence-electron chi connectivity index (χ4n) is 6.60. The summed E-state index contributed by atoms with van der Waals surface area (Å²) in [7, 11) is -4.06. The second-order valence-corrected chi connectivity index (χ2v) is 10.6. The lowest BCUT2D eigenvalue weighted by molar-refractivity contribution is -0.0291. The first-order chi connectivity index (χ1) is 14.1. The van der Waals surface area contributed by atoms with Crippen LogP contribution in [-0.2, 0) is 27.9 Å². The van der Waals surface area contributed by atoms with Gasteiger partial charge in [-0.3, -0.25) is 0 Å². The van der Waals surface area contributed by atoms with Gasteiger partial charge >= 0.3 is 16.4 Å². The standard InChI is InChI=1S/C22H32N2O5S/c1-3-4-14-11-17-13(12-19(14)29-30(24,26)27)5-6-16-15(17)9-10-22(2)18(16)7-8-20(22)28-21(23)25/h11-12,15-16,18,20H,3-10H2,1-2H3,(H2,23,25)(H2,24,26,27)/t15-,16+,18-,20-,22-/m0/s1. The number of fused-ring (bicyclic) bond motifs is 5. The molecule has 166 valence electrons. The number of carbonyl (C=O) groups is 1. The highest BCUT2D eigenvalue weighted by molar-refractivity contribution is 7.84. The molecular weight excluding hydrogens is 404 g/mol. The lowest BCUT2D eigenvalue weighted by Crippen LogP contribution is -2.45. The van der Waals surface area contributed by atoms with Gasteiger partial charge in [-0.1, -0.05) is 26.3 Å². The molecule has 7 nitrogen and oxygen atoms in total. The molecule has 4 N–H and O–H groups in total. The van der Waals surface area contributed by atoms with Crippen LogP contribution >= 0.6 is 0 Å². The van der Waals surface area contributed by atoms with Crippen LogP contribution in [0.1, 0.15) is 75.0 Å². The zero-order valence-electron chi connectivity index (χ0n) is 17.7. The largest absolute Gasteiger partial charge is 0.446 e. The SMILES string of the molecule is CCCc1cc2c(cc1OS(N)(=O)=O)CC[C@@H]1[C@@H]2CC[C@]2(C)[C@@H](OC(N)=O)CC[C@@H]12. The number of nitrogens with two attached hydrogens (primary N) is 2. The normalized spacial score (nSPS) is 32.6. The van der Waals surface area contributed by atoms with Crippen molar-refractivity contribution in [1.82, 2.24) is 0 Å². The molecule has 1 amide bonds. The lowest BCUT2D eigenvalue weighted by Gasteiger charge is -2.50. The van der Waals surface area contributed by atoms with Crippen LogP contribution in [0.25, 0.3) is 0 Å². The van der Waals surface area contributed by atoms with Crippen molar-refractivity contribution in [3.8, 4) is 5.75 Å². The Hall–Kier alpha value is -1.80. The van der Waals surface area contributed by atoms with E-state index >= 15 is 0 Å². The molecule has 0 saturated heterocycles. The molecule has 3 aliphatic carbocycles. The first kappa shape index (κ1) is 21.4. The summed E-state index contributed by atoms with van der Waals surface area (Å²) < 4.78 is 33.7. The number of primary amides is 1. The van der Waals surface area contributed by atoms with E-state index in [1.165, 1.54) is 11.1 Å². The Morgan fingerprint density at radius 3 is 2.67 bits per heavy atom. The van der Waals surface area contributed by atoms with Crippen molar-refractivity contribution in [1.29, 1.82) is 0 Å². The van der Waals surface area contributed by atoms with Gasteiger partial charge in [0, 0.05) is 5.41 Å². The van der Waals surface area contributed by atoms with Crippen LogP contribution in [0.5, 0.6) is 5.75 Å². The molecule has 0 bridgehead atoms. The van der Waals surface area contributed by atoms with Crippen LogP contribution in [0.3, 0.4) is 0 Å². The van der Waals surface area contributed by atoms with Gasteiger partial charge in [0.15, 0.2) is 0 Å². The number of benzene rings is 1. The predicted molar refractivity (Wildman–Crippen MR) is 113 cm³/mol. The van der Waals surface area contributed by atoms with Crippen molar-refractivity contribution >= 4 is 16.4 Å². The van der Waals surface area contributed by atoms with E-state index in [1.807, 2.05) is 6.07 Å². The van der Waals surface area contributed by atoms with E-state index in [0.717, 1.165) is 56.9 Å². The Kier molecular flexibility index (Phi) is 5.51. The van der Waals surface area contributed by atoms with E-state index in [4.69, 9.17) is 19.8 Å². The van der Waals surface area contributed by atoms with Crippen LogP contribution in [-0.4, -0.2) is 20.6 Å². The molecule has 3 aliphatic rings. The molecule has 30 heavy (non-hydrogen) atoms. The molecule has 1 aromatic carbocycles. The monoisotopic (exact) mass is 436 g/mol. The van der Waals surface area contributed by atoms with Gasteiger partial charge in [-0.15, -0.1) is 0 Å². The molecule has 0 radical (unpaired) electrons. The van der Waals surface area contributed by atoms with Crippen molar-refractivity contribution < 1.29 is 22.1 Å². The van der Waals surface area contributed by atoms with Crippen LogP contribution in [0.2, 0.25) is 0 Å². The van der Waals surface area contributed by atoms with Crippen LogP contribution in [0.15, 0.2) is 12.1 Å². The fraction of sp³-hybridized carbons (Fsp3) is 0.682. The fourth-order valence-corrected chi connectivity index (χ4v) is 7.00. The molecule has 8 heteroatoms. The van der Waals surface area contributed by atoms with E-state index in [-0.39, 0.29) is 11.5 Å². The van der Waals surface area contributed by atoms with Gasteiger partial charge in [0.05, 0.1) is 0 Å². The summed E-state index contributed by atoms with van der Waals surface area (Å²) in [6.45, 7) is 4.32. The van der Waals surface area contributed by atoms with E-state index in [0.29, 0.717) is 23.5 Å². The van der Waals surface area contributed by atoms with Gasteiger partial charge in [-0.05, 0) is 85.5 Å². The van der Waals surface area contributed by atoms with E-state index < -0.39 is 16.4 Å². The number of ether oxygens (including phenoxy) is 1. The van der Waals surface area contributed by atoms with Crippen molar-refractivity contribution in [2.24, 2.45) is 28.1 Å². The minimum atomic E-state index is -4.06. The van der Waals surface area contributed by atoms with Crippen molar-refractivity contribution in [3.05, 3.63) is 28.8 Å². The van der Waals surface area contributed by atoms with E-state index in [1.54, 1.807) is 0 Å². The molecule has 0 aromatic heterocycles. The number of hydrogen-bond donors (Lipinski definition) is 2. The second kappa shape index (κ2) is 7.71. The van der Waals surface area contributed by atoms with Gasteiger partial charge in [-0.2, -0.15) is 13.6 Å². The number of hydrogen-bond acceptors (Lipinski definition) is 5. The molecule has 0 aliphatic heterocycles. The molecule has 2 fully saturated rings. The van der Waals surface area contributed by atoms with Gasteiger partial charge in [0.2, 0.25) is 0 Å². The molecule has 0 spiro atoms. The van der Waals surface area contributed by atoms with Crippen LogP contribution in [0.4, 0.5) is 4.79 Å². The Morgan fingerprint density at radius 1 is 1.23 bits per heavy atom. The Morgan fingerprint density at radius 2 is 2.00 bits per heavy atom. The maximum absolute atomic E-state index is 11.5. The maximum Gasteiger partial charge on any atom is 0.404 e.